The number of nitrogens with zero attached hydrogens (tertiary/aromatic N) is 1. The SMILES string of the molecule is Cc1ccc2c(=S)n([C@@H]3OC(COP(=O)(O)OP(=O)(O)OP(=O)(O)O)=C(O)C3O)ccc2c1. The Morgan fingerprint density at radius 1 is 1.09 bits per heavy atom. The van der Waals surface area contributed by atoms with Gasteiger partial charge in [0.1, 0.15) is 11.2 Å². The van der Waals surface area contributed by atoms with Crippen molar-refractivity contribution in [2.45, 2.75) is 19.3 Å². The fourth-order valence-corrected chi connectivity index (χ4v) is 6.24. The summed E-state index contributed by atoms with van der Waals surface area (Å²) in [6.45, 7) is 0.863. The molecule has 0 radical (unpaired) electrons. The van der Waals surface area contributed by atoms with Crippen LogP contribution < -0.4 is 0 Å². The number of fused-ring (bicyclic) bond motifs is 1. The average Bonchev–Trinajstić information content (AvgIpc) is 2.92. The number of hydrogen-bond acceptors (Lipinski definition) is 10. The van der Waals surface area contributed by atoms with Crippen LogP contribution in [0.25, 0.3) is 10.8 Å². The fraction of sp³-hybridized carbons (Fsp3) is 0.267. The minimum Gasteiger partial charge on any atom is -0.506 e. The number of phosphoric ester groups is 1. The second kappa shape index (κ2) is 9.31. The first-order chi connectivity index (χ1) is 15.1. The van der Waals surface area contributed by atoms with Crippen LogP contribution in [0.5, 0.6) is 0 Å². The molecular weight excluding hydrogens is 527 g/mol. The van der Waals surface area contributed by atoms with Gasteiger partial charge in [-0.15, -0.1) is 0 Å². The van der Waals surface area contributed by atoms with E-state index in [9.17, 15) is 28.8 Å². The van der Waals surface area contributed by atoms with Crippen LogP contribution in [0.4, 0.5) is 0 Å². The van der Waals surface area contributed by atoms with Crippen molar-refractivity contribution in [2.75, 3.05) is 6.61 Å². The molecule has 3 unspecified atom stereocenters. The second-order valence-electron chi connectivity index (χ2n) is 6.74. The van der Waals surface area contributed by atoms with Crippen molar-refractivity contribution in [2.24, 2.45) is 0 Å². The van der Waals surface area contributed by atoms with Crippen molar-refractivity contribution in [1.82, 2.24) is 4.57 Å². The van der Waals surface area contributed by atoms with Crippen LogP contribution in [0, 0.1) is 11.6 Å². The summed E-state index contributed by atoms with van der Waals surface area (Å²) in [5.74, 6) is -1.30. The minimum atomic E-state index is -5.71. The van der Waals surface area contributed by atoms with Crippen LogP contribution in [0.3, 0.4) is 0 Å². The molecule has 18 heteroatoms. The summed E-state index contributed by atoms with van der Waals surface area (Å²) in [6, 6.07) is 7.20. The lowest BCUT2D eigenvalue weighted by Gasteiger charge is -2.20. The van der Waals surface area contributed by atoms with E-state index in [4.69, 9.17) is 31.6 Å². The van der Waals surface area contributed by atoms with Gasteiger partial charge in [-0.05, 0) is 18.4 Å². The third-order valence-electron chi connectivity index (χ3n) is 4.23. The molecule has 0 spiro atoms. The number of pyridine rings is 1. The highest BCUT2D eigenvalue weighted by atomic mass is 32.1. The monoisotopic (exact) mass is 545 g/mol. The number of aryl methyl sites for hydroxylation is 1. The van der Waals surface area contributed by atoms with Gasteiger partial charge in [0.2, 0.25) is 6.23 Å². The maximum atomic E-state index is 11.8. The average molecular weight is 545 g/mol. The van der Waals surface area contributed by atoms with Crippen molar-refractivity contribution < 1.29 is 61.4 Å². The number of aromatic nitrogens is 1. The van der Waals surface area contributed by atoms with E-state index < -0.39 is 53.9 Å². The standard InChI is InChI=1S/C15H18NO13P3S/c1-8-2-3-10-9(6-8)4-5-16(15(10)33)14-13(18)12(17)11(27-14)7-26-31(22,23)29-32(24,25)28-30(19,20)21/h2-6,13-14,17-18H,7H2,1H3,(H,22,23)(H,24,25)(H2,19,20,21)/t13?,14-/m1/s1. The summed E-state index contributed by atoms with van der Waals surface area (Å²) < 4.78 is 52.5. The molecule has 1 aliphatic heterocycles. The van der Waals surface area contributed by atoms with E-state index in [1.807, 2.05) is 19.1 Å². The molecule has 0 aliphatic carbocycles. The predicted octanol–water partition coefficient (Wildman–Crippen LogP) is 2.68. The van der Waals surface area contributed by atoms with E-state index in [0.29, 0.717) is 5.39 Å². The zero-order valence-electron chi connectivity index (χ0n) is 16.5. The number of phosphoric acid groups is 3. The van der Waals surface area contributed by atoms with E-state index in [2.05, 4.69) is 13.1 Å². The van der Waals surface area contributed by atoms with Gasteiger partial charge in [-0.1, -0.05) is 36.0 Å². The van der Waals surface area contributed by atoms with Gasteiger partial charge in [0, 0.05) is 11.6 Å². The number of rotatable bonds is 8. The minimum absolute atomic E-state index is 0.262. The molecule has 2 heterocycles. The van der Waals surface area contributed by atoms with Crippen LogP contribution >= 0.6 is 35.7 Å². The van der Waals surface area contributed by atoms with Gasteiger partial charge in [-0.25, -0.2) is 13.7 Å². The Morgan fingerprint density at radius 3 is 2.39 bits per heavy atom. The number of aliphatic hydroxyl groups excluding tert-OH is 2. The number of benzene rings is 1. The lowest BCUT2D eigenvalue weighted by Crippen LogP contribution is -2.23. The Bertz CT molecular complexity index is 1320. The number of hydrogen-bond donors (Lipinski definition) is 6. The molecule has 1 aliphatic rings. The van der Waals surface area contributed by atoms with Crippen LogP contribution in [-0.2, 0) is 31.6 Å². The van der Waals surface area contributed by atoms with E-state index >= 15 is 0 Å². The van der Waals surface area contributed by atoms with Gasteiger partial charge < -0.3 is 34.5 Å². The quantitative estimate of drug-likeness (QED) is 0.208. The fourth-order valence-electron chi connectivity index (χ4n) is 2.91. The van der Waals surface area contributed by atoms with E-state index in [0.717, 1.165) is 10.9 Å². The Kier molecular flexibility index (Phi) is 7.38. The molecule has 14 nitrogen and oxygen atoms in total. The van der Waals surface area contributed by atoms with Gasteiger partial charge >= 0.3 is 23.5 Å². The normalized spacial score (nSPS) is 22.7. The van der Waals surface area contributed by atoms with Crippen molar-refractivity contribution in [3.8, 4) is 0 Å². The third-order valence-corrected chi connectivity index (χ3v) is 8.45. The first-order valence-electron chi connectivity index (χ1n) is 8.75. The molecule has 2 aromatic rings. The lowest BCUT2D eigenvalue weighted by molar-refractivity contribution is -0.0149. The van der Waals surface area contributed by atoms with Gasteiger partial charge in [0.25, 0.3) is 0 Å². The summed E-state index contributed by atoms with van der Waals surface area (Å²) in [5, 5.41) is 22.0. The summed E-state index contributed by atoms with van der Waals surface area (Å²) in [7, 11) is -16.7. The molecule has 0 fully saturated rings. The van der Waals surface area contributed by atoms with Crippen molar-refractivity contribution >= 4 is 46.5 Å². The highest BCUT2D eigenvalue weighted by Crippen LogP contribution is 2.66. The summed E-state index contributed by atoms with van der Waals surface area (Å²) >= 11 is 5.43. The molecular formula is C15H18NO13P3S. The third kappa shape index (κ3) is 6.37. The molecule has 6 N–H and O–H groups in total. The van der Waals surface area contributed by atoms with Crippen molar-refractivity contribution in [3.05, 3.63) is 52.2 Å². The largest absolute Gasteiger partial charge is 0.506 e. The Labute approximate surface area is 190 Å². The summed E-state index contributed by atoms with van der Waals surface area (Å²) in [5.41, 5.74) is 1.000. The molecule has 1 aromatic carbocycles. The van der Waals surface area contributed by atoms with E-state index in [1.165, 1.54) is 10.8 Å². The smallest absolute Gasteiger partial charge is 0.490 e. The summed E-state index contributed by atoms with van der Waals surface area (Å²) in [6.07, 6.45) is -1.42. The van der Waals surface area contributed by atoms with Crippen LogP contribution in [-0.4, -0.2) is 47.1 Å². The van der Waals surface area contributed by atoms with Gasteiger partial charge in [0.15, 0.2) is 17.6 Å². The maximum absolute atomic E-state index is 11.8. The zero-order valence-corrected chi connectivity index (χ0v) is 20.0. The zero-order chi connectivity index (χ0) is 24.8. The molecule has 33 heavy (non-hydrogen) atoms. The lowest BCUT2D eigenvalue weighted by atomic mass is 10.1. The molecule has 0 amide bonds. The Morgan fingerprint density at radius 2 is 1.76 bits per heavy atom. The van der Waals surface area contributed by atoms with Crippen LogP contribution in [0.15, 0.2) is 42.0 Å². The van der Waals surface area contributed by atoms with Crippen LogP contribution in [0.2, 0.25) is 0 Å². The first-order valence-corrected chi connectivity index (χ1v) is 13.7. The molecule has 3 rings (SSSR count). The molecule has 4 atom stereocenters. The van der Waals surface area contributed by atoms with E-state index in [-0.39, 0.29) is 4.64 Å². The number of ether oxygens (including phenoxy) is 1. The molecule has 0 saturated heterocycles. The second-order valence-corrected chi connectivity index (χ2v) is 11.6. The predicted molar refractivity (Wildman–Crippen MR) is 113 cm³/mol. The Balaban J connectivity index is 1.75. The molecule has 0 bridgehead atoms. The maximum Gasteiger partial charge on any atom is 0.490 e. The van der Waals surface area contributed by atoms with E-state index in [1.54, 1.807) is 12.1 Å². The van der Waals surface area contributed by atoms with Crippen LogP contribution in [0.1, 0.15) is 11.8 Å². The number of aliphatic hydroxyl groups is 2. The van der Waals surface area contributed by atoms with Gasteiger partial charge in [0.05, 0.1) is 0 Å². The molecule has 182 valence electrons. The van der Waals surface area contributed by atoms with Crippen molar-refractivity contribution in [1.29, 1.82) is 0 Å². The Hall–Kier alpha value is -1.44. The van der Waals surface area contributed by atoms with Gasteiger partial charge in [-0.2, -0.15) is 8.62 Å². The first kappa shape index (κ1) is 26.2. The van der Waals surface area contributed by atoms with Crippen molar-refractivity contribution in [3.63, 3.8) is 0 Å². The highest BCUT2D eigenvalue weighted by molar-refractivity contribution is 7.71. The molecule has 1 aromatic heterocycles. The van der Waals surface area contributed by atoms with Gasteiger partial charge in [-0.3, -0.25) is 9.09 Å². The summed E-state index contributed by atoms with van der Waals surface area (Å²) in [4.78, 5) is 35.7. The molecule has 0 saturated carbocycles. The topological polar surface area (TPSA) is 214 Å². The highest BCUT2D eigenvalue weighted by Gasteiger charge is 2.42.